The summed E-state index contributed by atoms with van der Waals surface area (Å²) in [6, 6.07) is 3.57. The van der Waals surface area contributed by atoms with Gasteiger partial charge in [-0.2, -0.15) is 0 Å². The van der Waals surface area contributed by atoms with Gasteiger partial charge in [0.25, 0.3) is 0 Å². The maximum atomic E-state index is 12.1. The van der Waals surface area contributed by atoms with Crippen molar-refractivity contribution in [3.8, 4) is 0 Å². The number of hydrogen-bond donors (Lipinski definition) is 1. The summed E-state index contributed by atoms with van der Waals surface area (Å²) in [5.74, 6) is 0.434. The number of amidine groups is 1. The zero-order valence-electron chi connectivity index (χ0n) is 9.21. The summed E-state index contributed by atoms with van der Waals surface area (Å²) in [6.07, 6.45) is 2.12. The van der Waals surface area contributed by atoms with E-state index in [9.17, 15) is 4.39 Å². The van der Waals surface area contributed by atoms with Gasteiger partial charge in [0.1, 0.15) is 5.15 Å². The van der Waals surface area contributed by atoms with Gasteiger partial charge in [-0.05, 0) is 25.0 Å². The van der Waals surface area contributed by atoms with Crippen LogP contribution < -0.4 is 0 Å². The molecule has 5 heteroatoms. The van der Waals surface area contributed by atoms with E-state index in [1.165, 1.54) is 0 Å². The number of hydrogen-bond acceptors (Lipinski definition) is 2. The van der Waals surface area contributed by atoms with Gasteiger partial charge in [0.05, 0.1) is 12.5 Å². The van der Waals surface area contributed by atoms with Crippen molar-refractivity contribution < 1.29 is 4.39 Å². The number of nitrogens with zero attached hydrogens (tertiary/aromatic N) is 2. The van der Waals surface area contributed by atoms with E-state index in [0.29, 0.717) is 30.5 Å². The third kappa shape index (κ3) is 4.14. The molecule has 1 aromatic rings. The van der Waals surface area contributed by atoms with Crippen LogP contribution in [0.4, 0.5) is 4.39 Å². The van der Waals surface area contributed by atoms with Gasteiger partial charge in [-0.15, -0.1) is 0 Å². The Labute approximate surface area is 99.8 Å². The lowest BCUT2D eigenvalue weighted by molar-refractivity contribution is 0.362. The Morgan fingerprint density at radius 1 is 1.56 bits per heavy atom. The first-order chi connectivity index (χ1) is 7.63. The molecule has 0 aromatic carbocycles. The minimum Gasteiger partial charge on any atom is -0.356 e. The molecule has 1 heterocycles. The van der Waals surface area contributed by atoms with Gasteiger partial charge in [0, 0.05) is 19.3 Å². The molecule has 0 unspecified atom stereocenters. The summed E-state index contributed by atoms with van der Waals surface area (Å²) in [5, 5.41) is 8.03. The van der Waals surface area contributed by atoms with Gasteiger partial charge in [-0.1, -0.05) is 17.7 Å². The van der Waals surface area contributed by atoms with Crippen LogP contribution in [0.2, 0.25) is 5.15 Å². The third-order valence-electron chi connectivity index (χ3n) is 2.20. The predicted octanol–water partition coefficient (Wildman–Crippen LogP) is 2.89. The Bertz CT molecular complexity index is 340. The SMILES string of the molecule is CC(=N)N(CCCF)Cc1ccc(Cl)nc1. The highest BCUT2D eigenvalue weighted by atomic mass is 35.5. The fraction of sp³-hybridized carbons (Fsp3) is 0.455. The summed E-state index contributed by atoms with van der Waals surface area (Å²) in [7, 11) is 0. The fourth-order valence-corrected chi connectivity index (χ4v) is 1.45. The molecule has 0 radical (unpaired) electrons. The van der Waals surface area contributed by atoms with Crippen molar-refractivity contribution in [3.63, 3.8) is 0 Å². The van der Waals surface area contributed by atoms with E-state index in [-0.39, 0.29) is 6.67 Å². The molecule has 0 aliphatic heterocycles. The topological polar surface area (TPSA) is 40.0 Å². The molecule has 0 spiro atoms. The van der Waals surface area contributed by atoms with Gasteiger partial charge < -0.3 is 4.90 Å². The number of rotatable bonds is 5. The van der Waals surface area contributed by atoms with Crippen LogP contribution in [0.5, 0.6) is 0 Å². The van der Waals surface area contributed by atoms with E-state index in [1.54, 1.807) is 19.2 Å². The van der Waals surface area contributed by atoms with Crippen molar-refractivity contribution in [2.45, 2.75) is 19.9 Å². The molecule has 0 aliphatic carbocycles. The second kappa shape index (κ2) is 6.43. The molecular weight excluding hydrogens is 229 g/mol. The minimum absolute atomic E-state index is 0.358. The van der Waals surface area contributed by atoms with Crippen molar-refractivity contribution in [1.29, 1.82) is 5.41 Å². The molecule has 0 aliphatic rings. The lowest BCUT2D eigenvalue weighted by Gasteiger charge is -2.22. The third-order valence-corrected chi connectivity index (χ3v) is 2.42. The molecule has 1 N–H and O–H groups in total. The summed E-state index contributed by atoms with van der Waals surface area (Å²) >= 11 is 5.68. The number of halogens is 2. The Balaban J connectivity index is 2.60. The average molecular weight is 244 g/mol. The van der Waals surface area contributed by atoms with Crippen molar-refractivity contribution in [1.82, 2.24) is 9.88 Å². The van der Waals surface area contributed by atoms with Crippen LogP contribution in [-0.2, 0) is 6.54 Å². The molecule has 0 atom stereocenters. The number of alkyl halides is 1. The van der Waals surface area contributed by atoms with Crippen molar-refractivity contribution in [2.75, 3.05) is 13.2 Å². The molecule has 0 amide bonds. The van der Waals surface area contributed by atoms with E-state index >= 15 is 0 Å². The lowest BCUT2D eigenvalue weighted by atomic mass is 10.2. The van der Waals surface area contributed by atoms with Gasteiger partial charge in [0.15, 0.2) is 0 Å². The van der Waals surface area contributed by atoms with Crippen LogP contribution in [-0.4, -0.2) is 28.9 Å². The van der Waals surface area contributed by atoms with Crippen LogP contribution in [0, 0.1) is 5.41 Å². The van der Waals surface area contributed by atoms with Crippen molar-refractivity contribution in [2.24, 2.45) is 0 Å². The standard InChI is InChI=1S/C11H15ClFN3/c1-9(14)16(6-2-5-13)8-10-3-4-11(12)15-7-10/h3-4,7,14H,2,5-6,8H2,1H3. The molecule has 1 rings (SSSR count). The van der Waals surface area contributed by atoms with Crippen LogP contribution in [0.15, 0.2) is 18.3 Å². The predicted molar refractivity (Wildman–Crippen MR) is 63.6 cm³/mol. The van der Waals surface area contributed by atoms with Gasteiger partial charge >= 0.3 is 0 Å². The Hall–Kier alpha value is -1.16. The Kier molecular flexibility index (Phi) is 5.19. The molecule has 0 saturated heterocycles. The lowest BCUT2D eigenvalue weighted by Crippen LogP contribution is -2.29. The van der Waals surface area contributed by atoms with Crippen LogP contribution >= 0.6 is 11.6 Å². The Morgan fingerprint density at radius 3 is 2.81 bits per heavy atom. The van der Waals surface area contributed by atoms with Crippen molar-refractivity contribution in [3.05, 3.63) is 29.0 Å². The first kappa shape index (κ1) is 12.9. The zero-order chi connectivity index (χ0) is 12.0. The molecule has 16 heavy (non-hydrogen) atoms. The molecule has 0 saturated carbocycles. The molecule has 88 valence electrons. The van der Waals surface area contributed by atoms with E-state index in [1.807, 2.05) is 11.0 Å². The number of nitrogens with one attached hydrogen (secondary N) is 1. The molecule has 0 fully saturated rings. The normalized spacial score (nSPS) is 10.2. The quantitative estimate of drug-likeness (QED) is 0.491. The maximum Gasteiger partial charge on any atom is 0.129 e. The molecule has 0 bridgehead atoms. The van der Waals surface area contributed by atoms with E-state index in [2.05, 4.69) is 4.98 Å². The van der Waals surface area contributed by atoms with E-state index in [0.717, 1.165) is 5.56 Å². The minimum atomic E-state index is -0.358. The van der Waals surface area contributed by atoms with E-state index in [4.69, 9.17) is 17.0 Å². The van der Waals surface area contributed by atoms with E-state index < -0.39 is 0 Å². The monoisotopic (exact) mass is 243 g/mol. The van der Waals surface area contributed by atoms with Gasteiger partial charge in [-0.25, -0.2) is 4.98 Å². The highest BCUT2D eigenvalue weighted by Gasteiger charge is 2.06. The Morgan fingerprint density at radius 2 is 2.31 bits per heavy atom. The zero-order valence-corrected chi connectivity index (χ0v) is 9.97. The smallest absolute Gasteiger partial charge is 0.129 e. The van der Waals surface area contributed by atoms with Crippen LogP contribution in [0.25, 0.3) is 0 Å². The number of aromatic nitrogens is 1. The highest BCUT2D eigenvalue weighted by Crippen LogP contribution is 2.08. The second-order valence-electron chi connectivity index (χ2n) is 3.54. The molecule has 1 aromatic heterocycles. The van der Waals surface area contributed by atoms with Crippen molar-refractivity contribution >= 4 is 17.4 Å². The highest BCUT2D eigenvalue weighted by molar-refractivity contribution is 6.29. The molecular formula is C11H15ClFN3. The summed E-state index contributed by atoms with van der Waals surface area (Å²) in [5.41, 5.74) is 0.967. The van der Waals surface area contributed by atoms with Crippen LogP contribution in [0.3, 0.4) is 0 Å². The second-order valence-corrected chi connectivity index (χ2v) is 3.93. The van der Waals surface area contributed by atoms with Gasteiger partial charge in [-0.3, -0.25) is 9.80 Å². The van der Waals surface area contributed by atoms with Gasteiger partial charge in [0.2, 0.25) is 0 Å². The summed E-state index contributed by atoms with van der Waals surface area (Å²) in [6.45, 7) is 2.46. The first-order valence-electron chi connectivity index (χ1n) is 5.10. The maximum absolute atomic E-state index is 12.1. The number of pyridine rings is 1. The molecule has 3 nitrogen and oxygen atoms in total. The van der Waals surface area contributed by atoms with Crippen LogP contribution in [0.1, 0.15) is 18.9 Å². The fourth-order valence-electron chi connectivity index (χ4n) is 1.34. The average Bonchev–Trinajstić information content (AvgIpc) is 2.26. The summed E-state index contributed by atoms with van der Waals surface area (Å²) in [4.78, 5) is 5.78. The largest absolute Gasteiger partial charge is 0.356 e. The summed E-state index contributed by atoms with van der Waals surface area (Å²) < 4.78 is 12.1. The first-order valence-corrected chi connectivity index (χ1v) is 5.47.